The Balaban J connectivity index is 2.98. The van der Waals surface area contributed by atoms with Crippen LogP contribution < -0.4 is 4.74 Å². The predicted octanol–water partition coefficient (Wildman–Crippen LogP) is 2.25. The van der Waals surface area contributed by atoms with E-state index in [1.807, 2.05) is 6.92 Å². The first kappa shape index (κ1) is 12.8. The highest BCUT2D eigenvalue weighted by atomic mass is 35.5. The Morgan fingerprint density at radius 2 is 2.25 bits per heavy atom. The Bertz CT molecular complexity index is 378. The third-order valence-corrected chi connectivity index (χ3v) is 2.23. The quantitative estimate of drug-likeness (QED) is 0.834. The number of benzene rings is 1. The average Bonchev–Trinajstić information content (AvgIpc) is 2.20. The molecule has 1 rings (SSSR count). The lowest BCUT2D eigenvalue weighted by Gasteiger charge is -2.14. The molecule has 0 aliphatic heterocycles. The van der Waals surface area contributed by atoms with E-state index in [2.05, 4.69) is 0 Å². The molecule has 0 aliphatic carbocycles. The van der Waals surface area contributed by atoms with E-state index in [1.54, 1.807) is 12.1 Å². The normalized spacial score (nSPS) is 12.2. The Kier molecular flexibility index (Phi) is 4.58. The van der Waals surface area contributed by atoms with Gasteiger partial charge in [-0.1, -0.05) is 11.6 Å². The third-order valence-electron chi connectivity index (χ3n) is 2.00. The molecule has 5 heteroatoms. The molecular weight excluding hydrogens is 232 g/mol. The maximum absolute atomic E-state index is 10.5. The first-order valence-corrected chi connectivity index (χ1v) is 5.24. The molecule has 1 aromatic rings. The second-order valence-electron chi connectivity index (χ2n) is 3.23. The summed E-state index contributed by atoms with van der Waals surface area (Å²) in [5, 5.41) is 18.7. The Morgan fingerprint density at radius 1 is 1.56 bits per heavy atom. The lowest BCUT2D eigenvalue weighted by Crippen LogP contribution is -2.07. The number of hydrogen-bond donors (Lipinski definition) is 2. The zero-order valence-corrected chi connectivity index (χ0v) is 9.57. The maximum atomic E-state index is 10.5. The van der Waals surface area contributed by atoms with Crippen LogP contribution in [0.15, 0.2) is 18.2 Å². The van der Waals surface area contributed by atoms with Gasteiger partial charge in [-0.2, -0.15) is 0 Å². The van der Waals surface area contributed by atoms with Gasteiger partial charge in [-0.25, -0.2) is 0 Å². The highest BCUT2D eigenvalue weighted by molar-refractivity contribution is 6.30. The summed E-state index contributed by atoms with van der Waals surface area (Å²) in [6.45, 7) is 2.25. The third kappa shape index (κ3) is 3.40. The summed E-state index contributed by atoms with van der Waals surface area (Å²) < 4.78 is 5.28. The summed E-state index contributed by atoms with van der Waals surface area (Å²) in [4.78, 5) is 10.5. The first-order valence-electron chi connectivity index (χ1n) is 4.86. The monoisotopic (exact) mass is 244 g/mol. The molecule has 0 spiro atoms. The van der Waals surface area contributed by atoms with Crippen LogP contribution in [-0.4, -0.2) is 22.8 Å². The van der Waals surface area contributed by atoms with Crippen LogP contribution >= 0.6 is 11.6 Å². The summed E-state index contributed by atoms with van der Waals surface area (Å²) in [6.07, 6.45) is -1.49. The topological polar surface area (TPSA) is 66.8 Å². The Labute approximate surface area is 98.4 Å². The lowest BCUT2D eigenvalue weighted by molar-refractivity contribution is -0.139. The number of rotatable bonds is 5. The van der Waals surface area contributed by atoms with Gasteiger partial charge in [-0.05, 0) is 25.1 Å². The van der Waals surface area contributed by atoms with E-state index in [-0.39, 0.29) is 6.42 Å². The van der Waals surface area contributed by atoms with Crippen molar-refractivity contribution in [2.75, 3.05) is 6.61 Å². The zero-order chi connectivity index (χ0) is 12.1. The number of aliphatic hydroxyl groups excluding tert-OH is 1. The molecule has 0 fully saturated rings. The average molecular weight is 245 g/mol. The summed E-state index contributed by atoms with van der Waals surface area (Å²) in [5.41, 5.74) is 0.400. The van der Waals surface area contributed by atoms with Crippen molar-refractivity contribution in [2.45, 2.75) is 19.4 Å². The molecule has 0 aliphatic rings. The minimum absolute atomic E-state index is 0.375. The summed E-state index contributed by atoms with van der Waals surface area (Å²) in [6, 6.07) is 4.76. The van der Waals surface area contributed by atoms with Crippen molar-refractivity contribution in [3.05, 3.63) is 28.8 Å². The van der Waals surface area contributed by atoms with Gasteiger partial charge in [-0.15, -0.1) is 0 Å². The fraction of sp³-hybridized carbons (Fsp3) is 0.364. The Hall–Kier alpha value is -1.26. The van der Waals surface area contributed by atoms with E-state index in [0.717, 1.165) is 0 Å². The second-order valence-corrected chi connectivity index (χ2v) is 3.67. The molecule has 88 valence electrons. The molecule has 0 radical (unpaired) electrons. The van der Waals surface area contributed by atoms with Gasteiger partial charge in [0.25, 0.3) is 0 Å². The highest BCUT2D eigenvalue weighted by Gasteiger charge is 2.17. The molecule has 0 saturated carbocycles. The van der Waals surface area contributed by atoms with Gasteiger partial charge in [0.05, 0.1) is 19.1 Å². The molecule has 1 unspecified atom stereocenters. The largest absolute Gasteiger partial charge is 0.493 e. The number of ether oxygens (including phenoxy) is 1. The molecule has 0 amide bonds. The van der Waals surface area contributed by atoms with Crippen molar-refractivity contribution >= 4 is 17.6 Å². The smallest absolute Gasteiger partial charge is 0.306 e. The van der Waals surface area contributed by atoms with Crippen LogP contribution in [-0.2, 0) is 4.79 Å². The molecule has 1 aromatic carbocycles. The van der Waals surface area contributed by atoms with Crippen molar-refractivity contribution in [3.8, 4) is 5.75 Å². The molecule has 16 heavy (non-hydrogen) atoms. The van der Waals surface area contributed by atoms with Gasteiger partial charge in [0, 0.05) is 10.6 Å². The number of halogens is 1. The van der Waals surface area contributed by atoms with E-state index < -0.39 is 12.1 Å². The minimum Gasteiger partial charge on any atom is -0.493 e. The highest BCUT2D eigenvalue weighted by Crippen LogP contribution is 2.30. The van der Waals surface area contributed by atoms with Gasteiger partial charge in [0.2, 0.25) is 0 Å². The van der Waals surface area contributed by atoms with Gasteiger partial charge < -0.3 is 14.9 Å². The Morgan fingerprint density at radius 3 is 2.81 bits per heavy atom. The first-order chi connectivity index (χ1) is 7.54. The van der Waals surface area contributed by atoms with Crippen LogP contribution in [0.4, 0.5) is 0 Å². The molecule has 0 bridgehead atoms. The van der Waals surface area contributed by atoms with Crippen LogP contribution in [0.1, 0.15) is 25.0 Å². The van der Waals surface area contributed by atoms with Gasteiger partial charge in [-0.3, -0.25) is 4.79 Å². The van der Waals surface area contributed by atoms with E-state index in [0.29, 0.717) is 22.9 Å². The molecule has 0 saturated heterocycles. The standard InChI is InChI=1S/C11H13ClO4/c1-2-16-10-4-3-7(12)5-8(10)9(13)6-11(14)15/h3-5,9,13H,2,6H2,1H3,(H,14,15). The van der Waals surface area contributed by atoms with Crippen molar-refractivity contribution < 1.29 is 19.7 Å². The number of carbonyl (C=O) groups is 1. The van der Waals surface area contributed by atoms with Crippen LogP contribution in [0.2, 0.25) is 5.02 Å². The van der Waals surface area contributed by atoms with Gasteiger partial charge in [0.1, 0.15) is 5.75 Å². The summed E-state index contributed by atoms with van der Waals surface area (Å²) in [7, 11) is 0. The minimum atomic E-state index is -1.11. The lowest BCUT2D eigenvalue weighted by atomic mass is 10.1. The van der Waals surface area contributed by atoms with E-state index >= 15 is 0 Å². The number of aliphatic carboxylic acids is 1. The number of aliphatic hydroxyl groups is 1. The van der Waals surface area contributed by atoms with Crippen LogP contribution in [0, 0.1) is 0 Å². The summed E-state index contributed by atoms with van der Waals surface area (Å²) in [5.74, 6) is -0.615. The molecule has 4 nitrogen and oxygen atoms in total. The van der Waals surface area contributed by atoms with Gasteiger partial charge in [0.15, 0.2) is 0 Å². The van der Waals surface area contributed by atoms with Crippen molar-refractivity contribution in [2.24, 2.45) is 0 Å². The van der Waals surface area contributed by atoms with E-state index in [4.69, 9.17) is 21.4 Å². The fourth-order valence-corrected chi connectivity index (χ4v) is 1.52. The molecule has 1 atom stereocenters. The van der Waals surface area contributed by atoms with Crippen molar-refractivity contribution in [3.63, 3.8) is 0 Å². The zero-order valence-electron chi connectivity index (χ0n) is 8.81. The number of carboxylic acid groups (broad SMARTS) is 1. The van der Waals surface area contributed by atoms with E-state index in [9.17, 15) is 9.90 Å². The maximum Gasteiger partial charge on any atom is 0.306 e. The van der Waals surface area contributed by atoms with Crippen LogP contribution in [0.25, 0.3) is 0 Å². The molecule has 0 heterocycles. The molecule has 0 aromatic heterocycles. The SMILES string of the molecule is CCOc1ccc(Cl)cc1C(O)CC(=O)O. The van der Waals surface area contributed by atoms with Crippen LogP contribution in [0.3, 0.4) is 0 Å². The fourth-order valence-electron chi connectivity index (χ4n) is 1.34. The summed E-state index contributed by atoms with van der Waals surface area (Å²) >= 11 is 5.78. The molecule has 2 N–H and O–H groups in total. The number of carboxylic acids is 1. The van der Waals surface area contributed by atoms with Gasteiger partial charge >= 0.3 is 5.97 Å². The number of hydrogen-bond acceptors (Lipinski definition) is 3. The van der Waals surface area contributed by atoms with E-state index in [1.165, 1.54) is 6.07 Å². The second kappa shape index (κ2) is 5.72. The van der Waals surface area contributed by atoms with Crippen molar-refractivity contribution in [1.29, 1.82) is 0 Å². The van der Waals surface area contributed by atoms with Crippen molar-refractivity contribution in [1.82, 2.24) is 0 Å². The predicted molar refractivity (Wildman–Crippen MR) is 59.8 cm³/mol. The molecular formula is C11H13ClO4. The van der Waals surface area contributed by atoms with Crippen LogP contribution in [0.5, 0.6) is 5.75 Å².